The number of benzene rings is 3. The lowest BCUT2D eigenvalue weighted by atomic mass is 10.2. The average molecular weight is 515 g/mol. The zero-order valence-corrected chi connectivity index (χ0v) is 21.8. The Labute approximate surface area is 220 Å². The molecule has 4 rings (SSSR count). The Kier molecular flexibility index (Phi) is 9.10. The van der Waals surface area contributed by atoms with Crippen molar-refractivity contribution in [2.75, 3.05) is 12.4 Å². The molecule has 0 saturated heterocycles. The van der Waals surface area contributed by atoms with Crippen LogP contribution in [0.4, 0.5) is 0 Å². The number of aromatic nitrogens is 2. The number of fused-ring (bicyclic) bond motifs is 1. The van der Waals surface area contributed by atoms with Gasteiger partial charge in [-0.15, -0.1) is 0 Å². The van der Waals surface area contributed by atoms with Crippen LogP contribution in [0.15, 0.2) is 87.8 Å². The molecule has 4 aromatic rings. The predicted molar refractivity (Wildman–Crippen MR) is 150 cm³/mol. The third-order valence-corrected chi connectivity index (χ3v) is 6.61. The summed E-state index contributed by atoms with van der Waals surface area (Å²) in [5, 5.41) is 5.03. The third kappa shape index (κ3) is 7.07. The first-order valence-corrected chi connectivity index (χ1v) is 13.3. The van der Waals surface area contributed by atoms with Crippen LogP contribution in [0.2, 0.25) is 0 Å². The van der Waals surface area contributed by atoms with Gasteiger partial charge in [-0.25, -0.2) is 10.4 Å². The van der Waals surface area contributed by atoms with Crippen molar-refractivity contribution in [3.05, 3.63) is 94.3 Å². The third-order valence-electron chi connectivity index (χ3n) is 5.67. The number of hydrazone groups is 1. The molecule has 1 amide bonds. The van der Waals surface area contributed by atoms with Crippen molar-refractivity contribution in [2.24, 2.45) is 5.10 Å². The van der Waals surface area contributed by atoms with Gasteiger partial charge in [0.2, 0.25) is 0 Å². The molecular formula is C29H30N4O3S. The molecule has 1 N–H and O–H groups in total. The lowest BCUT2D eigenvalue weighted by Gasteiger charge is -2.13. The van der Waals surface area contributed by atoms with Crippen molar-refractivity contribution >= 4 is 34.8 Å². The van der Waals surface area contributed by atoms with E-state index in [9.17, 15) is 9.59 Å². The number of unbranched alkanes of at least 4 members (excludes halogenated alkanes) is 2. The summed E-state index contributed by atoms with van der Waals surface area (Å²) in [4.78, 5) is 30.5. The van der Waals surface area contributed by atoms with E-state index in [0.717, 1.165) is 36.1 Å². The van der Waals surface area contributed by atoms with E-state index in [0.29, 0.717) is 28.4 Å². The van der Waals surface area contributed by atoms with Crippen molar-refractivity contribution in [3.8, 4) is 11.4 Å². The highest BCUT2D eigenvalue weighted by Gasteiger charge is 2.14. The summed E-state index contributed by atoms with van der Waals surface area (Å²) >= 11 is 1.19. The summed E-state index contributed by atoms with van der Waals surface area (Å²) < 4.78 is 7.27. The summed E-state index contributed by atoms with van der Waals surface area (Å²) in [6.45, 7) is 4.86. The maximum atomic E-state index is 13.3. The number of hydrogen-bond acceptors (Lipinski definition) is 6. The van der Waals surface area contributed by atoms with Gasteiger partial charge in [-0.05, 0) is 67.4 Å². The Morgan fingerprint density at radius 2 is 1.81 bits per heavy atom. The van der Waals surface area contributed by atoms with Gasteiger partial charge in [0.15, 0.2) is 5.16 Å². The Bertz CT molecular complexity index is 1430. The number of thioether (sulfide) groups is 1. The summed E-state index contributed by atoms with van der Waals surface area (Å²) in [6, 6.07) is 22.4. The molecule has 0 spiro atoms. The highest BCUT2D eigenvalue weighted by molar-refractivity contribution is 7.99. The van der Waals surface area contributed by atoms with Crippen LogP contribution in [0.25, 0.3) is 16.6 Å². The van der Waals surface area contributed by atoms with Crippen LogP contribution < -0.4 is 15.7 Å². The van der Waals surface area contributed by atoms with E-state index in [2.05, 4.69) is 22.4 Å². The van der Waals surface area contributed by atoms with Crippen LogP contribution in [0.5, 0.6) is 5.75 Å². The second-order valence-electron chi connectivity index (χ2n) is 8.59. The number of nitrogens with one attached hydrogen (secondary N) is 1. The molecule has 190 valence electrons. The molecule has 8 heteroatoms. The quantitative estimate of drug-likeness (QED) is 0.0938. The summed E-state index contributed by atoms with van der Waals surface area (Å²) in [6.07, 6.45) is 4.94. The predicted octanol–water partition coefficient (Wildman–Crippen LogP) is 5.51. The van der Waals surface area contributed by atoms with Crippen LogP contribution in [0.1, 0.15) is 37.3 Å². The molecule has 0 bridgehead atoms. The van der Waals surface area contributed by atoms with Gasteiger partial charge in [-0.2, -0.15) is 5.10 Å². The average Bonchev–Trinajstić information content (AvgIpc) is 2.92. The number of hydrogen-bond donors (Lipinski definition) is 1. The van der Waals surface area contributed by atoms with E-state index in [-0.39, 0.29) is 17.2 Å². The minimum absolute atomic E-state index is 0.0541. The number of amides is 1. The molecule has 0 saturated carbocycles. The van der Waals surface area contributed by atoms with Crippen LogP contribution in [-0.4, -0.2) is 34.0 Å². The van der Waals surface area contributed by atoms with Crippen molar-refractivity contribution in [1.29, 1.82) is 0 Å². The molecule has 0 atom stereocenters. The number of rotatable bonds is 11. The number of carbonyl (C=O) groups is 1. The zero-order chi connectivity index (χ0) is 26.0. The Morgan fingerprint density at radius 1 is 1.05 bits per heavy atom. The summed E-state index contributed by atoms with van der Waals surface area (Å²) in [7, 11) is 0. The molecule has 0 radical (unpaired) electrons. The maximum absolute atomic E-state index is 13.3. The number of para-hydroxylation sites is 1. The topological polar surface area (TPSA) is 85.6 Å². The first kappa shape index (κ1) is 26.2. The van der Waals surface area contributed by atoms with Gasteiger partial charge in [-0.1, -0.05) is 61.4 Å². The lowest BCUT2D eigenvalue weighted by Crippen LogP contribution is -2.24. The fraction of sp³-hybridized carbons (Fsp3) is 0.241. The summed E-state index contributed by atoms with van der Waals surface area (Å²) in [5.41, 5.74) is 5.60. The molecule has 7 nitrogen and oxygen atoms in total. The Hall–Kier alpha value is -3.91. The van der Waals surface area contributed by atoms with Crippen LogP contribution in [0.3, 0.4) is 0 Å². The van der Waals surface area contributed by atoms with Crippen LogP contribution >= 0.6 is 11.8 Å². The van der Waals surface area contributed by atoms with E-state index in [1.165, 1.54) is 11.8 Å². The van der Waals surface area contributed by atoms with Crippen LogP contribution in [-0.2, 0) is 4.79 Å². The SMILES string of the molecule is CCCCCOc1ccc(/C=N/NC(=O)CSc2nc3ccccc3c(=O)n2-c2ccc(C)cc2)cc1. The fourth-order valence-corrected chi connectivity index (χ4v) is 4.47. The van der Waals surface area contributed by atoms with Crippen molar-refractivity contribution in [2.45, 2.75) is 38.3 Å². The second kappa shape index (κ2) is 12.9. The smallest absolute Gasteiger partial charge is 0.266 e. The molecule has 1 heterocycles. The number of aryl methyl sites for hydroxylation is 1. The van der Waals surface area contributed by atoms with Crippen molar-refractivity contribution in [3.63, 3.8) is 0 Å². The molecule has 0 fully saturated rings. The zero-order valence-electron chi connectivity index (χ0n) is 21.0. The highest BCUT2D eigenvalue weighted by Crippen LogP contribution is 2.21. The first-order valence-electron chi connectivity index (χ1n) is 12.3. The molecule has 37 heavy (non-hydrogen) atoms. The normalized spacial score (nSPS) is 11.2. The number of nitrogens with zero attached hydrogens (tertiary/aromatic N) is 3. The van der Waals surface area contributed by atoms with Crippen molar-refractivity contribution in [1.82, 2.24) is 15.0 Å². The van der Waals surface area contributed by atoms with Gasteiger partial charge in [-0.3, -0.25) is 14.2 Å². The molecule has 0 aliphatic carbocycles. The minimum atomic E-state index is -0.296. The molecule has 0 unspecified atom stereocenters. The monoisotopic (exact) mass is 514 g/mol. The standard InChI is InChI=1S/C29H30N4O3S/c1-3-4-7-18-36-24-16-12-22(13-17-24)19-30-32-27(34)20-37-29-31-26-9-6-5-8-25(26)28(35)33(29)23-14-10-21(2)11-15-23/h5-6,8-17,19H,3-4,7,18,20H2,1-2H3,(H,32,34)/b30-19+. The summed E-state index contributed by atoms with van der Waals surface area (Å²) in [5.74, 6) is 0.574. The molecule has 0 aliphatic heterocycles. The van der Waals surface area contributed by atoms with Gasteiger partial charge >= 0.3 is 0 Å². The largest absolute Gasteiger partial charge is 0.494 e. The van der Waals surface area contributed by atoms with E-state index >= 15 is 0 Å². The highest BCUT2D eigenvalue weighted by atomic mass is 32.2. The van der Waals surface area contributed by atoms with E-state index in [1.54, 1.807) is 22.9 Å². The van der Waals surface area contributed by atoms with Gasteiger partial charge in [0.1, 0.15) is 5.75 Å². The molecule has 3 aromatic carbocycles. The number of ether oxygens (including phenoxy) is 1. The maximum Gasteiger partial charge on any atom is 0.266 e. The molecule has 1 aromatic heterocycles. The van der Waals surface area contributed by atoms with E-state index < -0.39 is 0 Å². The first-order chi connectivity index (χ1) is 18.0. The van der Waals surface area contributed by atoms with Gasteiger partial charge < -0.3 is 4.74 Å². The Morgan fingerprint density at radius 3 is 2.57 bits per heavy atom. The Balaban J connectivity index is 1.40. The van der Waals surface area contributed by atoms with Gasteiger partial charge in [0, 0.05) is 0 Å². The van der Waals surface area contributed by atoms with Crippen LogP contribution in [0, 0.1) is 6.92 Å². The van der Waals surface area contributed by atoms with E-state index in [4.69, 9.17) is 4.74 Å². The molecular weight excluding hydrogens is 484 g/mol. The van der Waals surface area contributed by atoms with E-state index in [1.807, 2.05) is 67.6 Å². The number of carbonyl (C=O) groups excluding carboxylic acids is 1. The fourth-order valence-electron chi connectivity index (χ4n) is 3.66. The van der Waals surface area contributed by atoms with Crippen molar-refractivity contribution < 1.29 is 9.53 Å². The minimum Gasteiger partial charge on any atom is -0.494 e. The van der Waals surface area contributed by atoms with Gasteiger partial charge in [0.05, 0.1) is 35.2 Å². The lowest BCUT2D eigenvalue weighted by molar-refractivity contribution is -0.118. The van der Waals surface area contributed by atoms with Gasteiger partial charge in [0.25, 0.3) is 11.5 Å². The second-order valence-corrected chi connectivity index (χ2v) is 9.54. The molecule has 0 aliphatic rings.